The van der Waals surface area contributed by atoms with Gasteiger partial charge < -0.3 is 9.47 Å². The number of hydrogen-bond donors (Lipinski definition) is 0. The summed E-state index contributed by atoms with van der Waals surface area (Å²) in [6.07, 6.45) is 6.01. The predicted molar refractivity (Wildman–Crippen MR) is 77.1 cm³/mol. The molecule has 104 valence electrons. The molecule has 0 aliphatic carbocycles. The lowest BCUT2D eigenvalue weighted by molar-refractivity contribution is -0.149. The van der Waals surface area contributed by atoms with Crippen LogP contribution in [0.4, 0.5) is 0 Å². The normalized spacial score (nSPS) is 12.4. The average Bonchev–Trinajstić information content (AvgIpc) is 2.44. The summed E-state index contributed by atoms with van der Waals surface area (Å²) in [6, 6.07) is 7.68. The molecule has 0 aliphatic rings. The smallest absolute Gasteiger partial charge is 0.347 e. The van der Waals surface area contributed by atoms with Gasteiger partial charge in [0, 0.05) is 5.56 Å². The van der Waals surface area contributed by atoms with E-state index in [1.807, 2.05) is 43.3 Å². The molecule has 0 aromatic heterocycles. The van der Waals surface area contributed by atoms with E-state index >= 15 is 0 Å². The first-order valence-corrected chi connectivity index (χ1v) is 6.69. The molecule has 0 bridgehead atoms. The number of rotatable bonds is 7. The van der Waals surface area contributed by atoms with Crippen LogP contribution in [0, 0.1) is 0 Å². The topological polar surface area (TPSA) is 35.5 Å². The maximum Gasteiger partial charge on any atom is 0.347 e. The molecule has 0 N–H and O–H groups in total. The van der Waals surface area contributed by atoms with Crippen molar-refractivity contribution >= 4 is 12.0 Å². The van der Waals surface area contributed by atoms with Crippen LogP contribution >= 0.6 is 0 Å². The lowest BCUT2D eigenvalue weighted by Crippen LogP contribution is -2.28. The van der Waals surface area contributed by atoms with Crippen LogP contribution in [0.2, 0.25) is 0 Å². The van der Waals surface area contributed by atoms with E-state index in [2.05, 4.69) is 6.92 Å². The van der Waals surface area contributed by atoms with E-state index < -0.39 is 6.10 Å². The molecule has 0 fully saturated rings. The molecular formula is C16H22O3. The van der Waals surface area contributed by atoms with E-state index in [4.69, 9.17) is 9.47 Å². The van der Waals surface area contributed by atoms with Crippen molar-refractivity contribution in [2.75, 3.05) is 7.11 Å². The number of methoxy groups -OCH3 is 1. The van der Waals surface area contributed by atoms with Gasteiger partial charge in [0.1, 0.15) is 5.75 Å². The largest absolute Gasteiger partial charge is 0.478 e. The highest BCUT2D eigenvalue weighted by Gasteiger charge is 2.21. The second kappa shape index (κ2) is 8.35. The van der Waals surface area contributed by atoms with Crippen LogP contribution in [0.5, 0.6) is 5.75 Å². The quantitative estimate of drug-likeness (QED) is 0.700. The molecule has 0 heterocycles. The number of benzene rings is 1. The van der Waals surface area contributed by atoms with Crippen LogP contribution in [0.1, 0.15) is 38.7 Å². The van der Waals surface area contributed by atoms with Gasteiger partial charge in [0.25, 0.3) is 0 Å². The Kier molecular flexibility index (Phi) is 6.72. The zero-order chi connectivity index (χ0) is 14.1. The Bertz CT molecular complexity index is 424. The van der Waals surface area contributed by atoms with Crippen molar-refractivity contribution in [2.24, 2.45) is 0 Å². The molecule has 0 radical (unpaired) electrons. The van der Waals surface area contributed by atoms with Crippen LogP contribution in [-0.2, 0) is 9.53 Å². The van der Waals surface area contributed by atoms with Crippen molar-refractivity contribution in [1.82, 2.24) is 0 Å². The molecule has 0 spiro atoms. The van der Waals surface area contributed by atoms with E-state index in [1.54, 1.807) is 0 Å². The Morgan fingerprint density at radius 1 is 1.37 bits per heavy atom. The number of ether oxygens (including phenoxy) is 2. The Morgan fingerprint density at radius 3 is 2.74 bits per heavy atom. The number of para-hydroxylation sites is 1. The van der Waals surface area contributed by atoms with E-state index in [-0.39, 0.29) is 5.97 Å². The molecule has 1 aromatic rings. The highest BCUT2D eigenvalue weighted by molar-refractivity contribution is 5.75. The van der Waals surface area contributed by atoms with Crippen molar-refractivity contribution in [1.29, 1.82) is 0 Å². The highest BCUT2D eigenvalue weighted by atomic mass is 16.6. The summed E-state index contributed by atoms with van der Waals surface area (Å²) in [5, 5.41) is 0. The van der Waals surface area contributed by atoms with Crippen LogP contribution in [-0.4, -0.2) is 19.2 Å². The van der Waals surface area contributed by atoms with Gasteiger partial charge >= 0.3 is 5.97 Å². The van der Waals surface area contributed by atoms with Crippen LogP contribution in [0.25, 0.3) is 6.08 Å². The molecule has 1 unspecified atom stereocenters. The van der Waals surface area contributed by atoms with Crippen molar-refractivity contribution in [3.63, 3.8) is 0 Å². The van der Waals surface area contributed by atoms with Crippen molar-refractivity contribution in [3.8, 4) is 5.75 Å². The standard InChI is InChI=1S/C16H22O3/c1-4-6-11-15(16(17)18-3)19-14-12-8-7-10-13(14)9-5-2/h5,7-10,12,15H,4,6,11H2,1-3H3/b9-5+. The SMILES string of the molecule is C/C=C/c1ccccc1OC(CCCC)C(=O)OC. The molecule has 0 saturated heterocycles. The zero-order valence-electron chi connectivity index (χ0n) is 11.9. The van der Waals surface area contributed by atoms with Crippen molar-refractivity contribution in [2.45, 2.75) is 39.2 Å². The molecule has 1 aromatic carbocycles. The van der Waals surface area contributed by atoms with E-state index in [9.17, 15) is 4.79 Å². The summed E-state index contributed by atoms with van der Waals surface area (Å²) >= 11 is 0. The Hall–Kier alpha value is -1.77. The van der Waals surface area contributed by atoms with Gasteiger partial charge in [-0.15, -0.1) is 0 Å². The minimum atomic E-state index is -0.531. The number of hydrogen-bond acceptors (Lipinski definition) is 3. The molecule has 3 nitrogen and oxygen atoms in total. The minimum Gasteiger partial charge on any atom is -0.478 e. The number of unbranched alkanes of at least 4 members (excludes halogenated alkanes) is 1. The maximum atomic E-state index is 11.7. The van der Waals surface area contributed by atoms with Crippen molar-refractivity contribution in [3.05, 3.63) is 35.9 Å². The number of carbonyl (C=O) groups is 1. The molecule has 0 amide bonds. The summed E-state index contributed by atoms with van der Waals surface area (Å²) in [6.45, 7) is 4.04. The van der Waals surface area contributed by atoms with Crippen molar-refractivity contribution < 1.29 is 14.3 Å². The second-order valence-corrected chi connectivity index (χ2v) is 4.31. The number of allylic oxidation sites excluding steroid dienone is 1. The number of carbonyl (C=O) groups excluding carboxylic acids is 1. The van der Waals surface area contributed by atoms with Crippen LogP contribution < -0.4 is 4.74 Å². The first kappa shape index (κ1) is 15.3. The van der Waals surface area contributed by atoms with E-state index in [0.717, 1.165) is 18.4 Å². The Labute approximate surface area is 115 Å². The summed E-state index contributed by atoms with van der Waals surface area (Å²) in [5.74, 6) is 0.399. The summed E-state index contributed by atoms with van der Waals surface area (Å²) < 4.78 is 10.6. The third kappa shape index (κ3) is 4.78. The van der Waals surface area contributed by atoms with Gasteiger partial charge in [-0.05, 0) is 25.8 Å². The minimum absolute atomic E-state index is 0.316. The molecular weight excluding hydrogens is 240 g/mol. The lowest BCUT2D eigenvalue weighted by atomic mass is 10.1. The second-order valence-electron chi connectivity index (χ2n) is 4.31. The van der Waals surface area contributed by atoms with Gasteiger partial charge in [-0.2, -0.15) is 0 Å². The van der Waals surface area contributed by atoms with Gasteiger partial charge in [0.2, 0.25) is 0 Å². The van der Waals surface area contributed by atoms with Gasteiger partial charge in [-0.25, -0.2) is 4.79 Å². The van der Waals surface area contributed by atoms with E-state index in [0.29, 0.717) is 12.2 Å². The third-order valence-electron chi connectivity index (χ3n) is 2.82. The number of esters is 1. The van der Waals surface area contributed by atoms with Gasteiger partial charge in [-0.1, -0.05) is 43.7 Å². The Balaban J connectivity index is 2.86. The summed E-state index contributed by atoms with van der Waals surface area (Å²) in [7, 11) is 1.39. The zero-order valence-corrected chi connectivity index (χ0v) is 11.9. The Morgan fingerprint density at radius 2 is 2.11 bits per heavy atom. The molecule has 1 rings (SSSR count). The summed E-state index contributed by atoms with van der Waals surface area (Å²) in [4.78, 5) is 11.7. The monoisotopic (exact) mass is 262 g/mol. The third-order valence-corrected chi connectivity index (χ3v) is 2.82. The first-order valence-electron chi connectivity index (χ1n) is 6.69. The molecule has 19 heavy (non-hydrogen) atoms. The highest BCUT2D eigenvalue weighted by Crippen LogP contribution is 2.22. The van der Waals surface area contributed by atoms with Crippen LogP contribution in [0.3, 0.4) is 0 Å². The molecule has 1 atom stereocenters. The fourth-order valence-electron chi connectivity index (χ4n) is 1.80. The van der Waals surface area contributed by atoms with Gasteiger partial charge in [0.05, 0.1) is 7.11 Å². The van der Waals surface area contributed by atoms with Gasteiger partial charge in [-0.3, -0.25) is 0 Å². The first-order chi connectivity index (χ1) is 9.22. The van der Waals surface area contributed by atoms with Gasteiger partial charge in [0.15, 0.2) is 6.10 Å². The molecule has 3 heteroatoms. The fourth-order valence-corrected chi connectivity index (χ4v) is 1.80. The molecule has 0 aliphatic heterocycles. The fraction of sp³-hybridized carbons (Fsp3) is 0.438. The summed E-state index contributed by atoms with van der Waals surface area (Å²) in [5.41, 5.74) is 0.968. The van der Waals surface area contributed by atoms with Crippen LogP contribution in [0.15, 0.2) is 30.3 Å². The molecule has 0 saturated carbocycles. The predicted octanol–water partition coefficient (Wildman–Crippen LogP) is 3.83. The van der Waals surface area contributed by atoms with E-state index in [1.165, 1.54) is 7.11 Å². The lowest BCUT2D eigenvalue weighted by Gasteiger charge is -2.18. The maximum absolute atomic E-state index is 11.7. The average molecular weight is 262 g/mol.